The van der Waals surface area contributed by atoms with Crippen molar-refractivity contribution in [1.29, 1.82) is 0 Å². The number of dihydropyridines is 1. The molecule has 1 amide bonds. The Kier molecular flexibility index (Phi) is 7.89. The highest BCUT2D eigenvalue weighted by Gasteiger charge is 2.38. The van der Waals surface area contributed by atoms with Crippen LogP contribution in [-0.2, 0) is 15.3 Å². The number of thioether (sulfide) groups is 1. The summed E-state index contributed by atoms with van der Waals surface area (Å²) in [4.78, 5) is 32.7. The second-order valence-corrected chi connectivity index (χ2v) is 11.1. The lowest BCUT2D eigenvalue weighted by atomic mass is 9.74. The first-order chi connectivity index (χ1) is 18.9. The maximum absolute atomic E-state index is 13.8. The fraction of sp³-hybridized carbons (Fsp3) is 0.281. The van der Waals surface area contributed by atoms with Crippen molar-refractivity contribution in [3.63, 3.8) is 0 Å². The van der Waals surface area contributed by atoms with E-state index in [0.717, 1.165) is 46.7 Å². The number of ketones is 1. The van der Waals surface area contributed by atoms with E-state index in [1.165, 1.54) is 10.5 Å². The number of aromatic nitrogens is 1. The highest BCUT2D eigenvalue weighted by atomic mass is 32.2. The molecule has 0 spiro atoms. The van der Waals surface area contributed by atoms with Crippen molar-refractivity contribution in [2.24, 2.45) is 0 Å². The summed E-state index contributed by atoms with van der Waals surface area (Å²) >= 11 is 1.73. The molecule has 1 atom stereocenters. The SMILES string of the molecule is COc1ccc(C2C(C(=O)Nc3ncccc3C)=C(C)NC3=C2C(=O)CCC3)cc1CSc1ccc(C)cc1. The van der Waals surface area contributed by atoms with Crippen LogP contribution < -0.4 is 15.4 Å². The van der Waals surface area contributed by atoms with Crippen LogP contribution in [-0.4, -0.2) is 23.8 Å². The molecule has 0 saturated heterocycles. The van der Waals surface area contributed by atoms with Crippen LogP contribution in [0.25, 0.3) is 0 Å². The van der Waals surface area contributed by atoms with Gasteiger partial charge in [0.2, 0.25) is 0 Å². The number of hydrogen-bond donors (Lipinski definition) is 2. The minimum Gasteiger partial charge on any atom is -0.496 e. The van der Waals surface area contributed by atoms with Crippen LogP contribution in [0.15, 0.2) is 88.2 Å². The normalized spacial score (nSPS) is 17.0. The van der Waals surface area contributed by atoms with E-state index in [0.29, 0.717) is 29.1 Å². The van der Waals surface area contributed by atoms with Crippen molar-refractivity contribution >= 4 is 29.3 Å². The summed E-state index contributed by atoms with van der Waals surface area (Å²) in [6.07, 6.45) is 3.74. The molecule has 2 aliphatic rings. The number of allylic oxidation sites excluding steroid dienone is 3. The first-order valence-corrected chi connectivity index (χ1v) is 14.2. The lowest BCUT2D eigenvalue weighted by Crippen LogP contribution is -2.35. The highest BCUT2D eigenvalue weighted by Crippen LogP contribution is 2.44. The van der Waals surface area contributed by atoms with Gasteiger partial charge in [-0.2, -0.15) is 0 Å². The number of hydrogen-bond acceptors (Lipinski definition) is 6. The Bertz CT molecular complexity index is 1490. The number of pyridine rings is 1. The van der Waals surface area contributed by atoms with Gasteiger partial charge in [-0.05, 0) is 69.0 Å². The van der Waals surface area contributed by atoms with E-state index in [1.54, 1.807) is 25.1 Å². The van der Waals surface area contributed by atoms with Gasteiger partial charge in [-0.3, -0.25) is 9.59 Å². The Balaban J connectivity index is 1.55. The van der Waals surface area contributed by atoms with Gasteiger partial charge in [0.05, 0.1) is 7.11 Å². The molecule has 39 heavy (non-hydrogen) atoms. The van der Waals surface area contributed by atoms with E-state index < -0.39 is 5.92 Å². The highest BCUT2D eigenvalue weighted by molar-refractivity contribution is 7.98. The smallest absolute Gasteiger partial charge is 0.255 e. The summed E-state index contributed by atoms with van der Waals surface area (Å²) in [5.74, 6) is 1.35. The van der Waals surface area contributed by atoms with E-state index in [9.17, 15) is 9.59 Å². The fourth-order valence-corrected chi connectivity index (χ4v) is 6.17. The molecule has 1 aliphatic heterocycles. The Hall–Kier alpha value is -3.84. The Morgan fingerprint density at radius 3 is 2.64 bits per heavy atom. The summed E-state index contributed by atoms with van der Waals surface area (Å²) in [6, 6.07) is 18.2. The molecule has 1 aromatic heterocycles. The number of amides is 1. The number of aryl methyl sites for hydroxylation is 2. The molecule has 200 valence electrons. The molecule has 1 aliphatic carbocycles. The van der Waals surface area contributed by atoms with Gasteiger partial charge in [0.1, 0.15) is 11.6 Å². The number of carbonyl (C=O) groups excluding carboxylic acids is 2. The molecular weight excluding hydrogens is 506 g/mol. The molecule has 2 N–H and O–H groups in total. The number of nitrogens with one attached hydrogen (secondary N) is 2. The fourth-order valence-electron chi connectivity index (χ4n) is 5.30. The monoisotopic (exact) mass is 539 g/mol. The molecule has 0 saturated carbocycles. The van der Waals surface area contributed by atoms with Crippen LogP contribution in [0.5, 0.6) is 5.75 Å². The Morgan fingerprint density at radius 1 is 1.10 bits per heavy atom. The minimum atomic E-state index is -0.480. The number of methoxy groups -OCH3 is 1. The number of carbonyl (C=O) groups is 2. The van der Waals surface area contributed by atoms with E-state index in [2.05, 4.69) is 52.9 Å². The second kappa shape index (κ2) is 11.5. The minimum absolute atomic E-state index is 0.0898. The number of ether oxygens (including phenoxy) is 1. The van der Waals surface area contributed by atoms with E-state index in [-0.39, 0.29) is 11.7 Å². The van der Waals surface area contributed by atoms with E-state index in [1.807, 2.05) is 38.1 Å². The van der Waals surface area contributed by atoms with Crippen LogP contribution in [0.3, 0.4) is 0 Å². The molecule has 1 unspecified atom stereocenters. The molecular formula is C32H33N3O3S. The van der Waals surface area contributed by atoms with Crippen LogP contribution in [0.1, 0.15) is 54.4 Å². The largest absolute Gasteiger partial charge is 0.496 e. The Morgan fingerprint density at radius 2 is 1.90 bits per heavy atom. The third-order valence-corrected chi connectivity index (χ3v) is 8.38. The number of anilines is 1. The Labute approximate surface area is 234 Å². The van der Waals surface area contributed by atoms with Gasteiger partial charge >= 0.3 is 0 Å². The topological polar surface area (TPSA) is 80.3 Å². The van der Waals surface area contributed by atoms with Gasteiger partial charge in [0, 0.05) is 57.3 Å². The van der Waals surface area contributed by atoms with Gasteiger partial charge in [-0.1, -0.05) is 35.9 Å². The van der Waals surface area contributed by atoms with Crippen molar-refractivity contribution in [2.45, 2.75) is 56.6 Å². The van der Waals surface area contributed by atoms with Crippen molar-refractivity contribution < 1.29 is 14.3 Å². The summed E-state index contributed by atoms with van der Waals surface area (Å²) in [5, 5.41) is 6.39. The van der Waals surface area contributed by atoms with Gasteiger partial charge in [0.25, 0.3) is 5.91 Å². The van der Waals surface area contributed by atoms with Gasteiger partial charge < -0.3 is 15.4 Å². The number of benzene rings is 2. The summed E-state index contributed by atoms with van der Waals surface area (Å²) in [7, 11) is 1.67. The first kappa shape index (κ1) is 26.8. The average molecular weight is 540 g/mol. The van der Waals surface area contributed by atoms with E-state index >= 15 is 0 Å². The summed E-state index contributed by atoms with van der Waals surface area (Å²) in [6.45, 7) is 5.90. The van der Waals surface area contributed by atoms with Crippen LogP contribution in [0, 0.1) is 13.8 Å². The third-order valence-electron chi connectivity index (χ3n) is 7.32. The molecule has 2 heterocycles. The number of rotatable bonds is 7. The van der Waals surface area contributed by atoms with Gasteiger partial charge in [-0.25, -0.2) is 4.98 Å². The van der Waals surface area contributed by atoms with Gasteiger partial charge in [0.15, 0.2) is 5.78 Å². The number of nitrogens with zero attached hydrogens (tertiary/aromatic N) is 1. The zero-order valence-electron chi connectivity index (χ0n) is 22.8. The molecule has 0 bridgehead atoms. The molecule has 0 fully saturated rings. The maximum atomic E-state index is 13.8. The summed E-state index contributed by atoms with van der Waals surface area (Å²) in [5.41, 5.74) is 6.92. The quantitative estimate of drug-likeness (QED) is 0.329. The molecule has 3 aromatic rings. The molecule has 5 rings (SSSR count). The standard InChI is InChI=1S/C32H33N3O3S/c1-19-10-13-24(14-11-19)39-18-23-17-22(12-15-27(23)38-4)29-28(32(37)35-31-20(2)7-6-16-33-31)21(3)34-25-8-5-9-26(36)30(25)29/h6-7,10-17,29,34H,5,8-9,18H2,1-4H3,(H,33,35,37). The molecule has 0 radical (unpaired) electrons. The van der Waals surface area contributed by atoms with Crippen LogP contribution >= 0.6 is 11.8 Å². The molecule has 6 nitrogen and oxygen atoms in total. The average Bonchev–Trinajstić information content (AvgIpc) is 2.93. The van der Waals surface area contributed by atoms with Crippen molar-refractivity contribution in [2.75, 3.05) is 12.4 Å². The summed E-state index contributed by atoms with van der Waals surface area (Å²) < 4.78 is 5.71. The van der Waals surface area contributed by atoms with Crippen LogP contribution in [0.2, 0.25) is 0 Å². The van der Waals surface area contributed by atoms with E-state index in [4.69, 9.17) is 4.74 Å². The molecule has 7 heteroatoms. The lowest BCUT2D eigenvalue weighted by molar-refractivity contribution is -0.116. The van der Waals surface area contributed by atoms with Gasteiger partial charge in [-0.15, -0.1) is 11.8 Å². The maximum Gasteiger partial charge on any atom is 0.255 e. The van der Waals surface area contributed by atoms with Crippen molar-refractivity contribution in [1.82, 2.24) is 10.3 Å². The lowest BCUT2D eigenvalue weighted by Gasteiger charge is -2.34. The van der Waals surface area contributed by atoms with Crippen molar-refractivity contribution in [3.05, 3.63) is 106 Å². The zero-order chi connectivity index (χ0) is 27.5. The first-order valence-electron chi connectivity index (χ1n) is 13.2. The predicted octanol–water partition coefficient (Wildman–Crippen LogP) is 6.61. The third kappa shape index (κ3) is 5.64. The number of Topliss-reactive ketones (excluding diaryl/α,β-unsaturated/α-hetero) is 1. The molecule has 2 aromatic carbocycles. The zero-order valence-corrected chi connectivity index (χ0v) is 23.6. The predicted molar refractivity (Wildman–Crippen MR) is 156 cm³/mol. The van der Waals surface area contributed by atoms with Crippen LogP contribution in [0.4, 0.5) is 5.82 Å². The second-order valence-electron chi connectivity index (χ2n) is 10.1. The van der Waals surface area contributed by atoms with Crippen molar-refractivity contribution in [3.8, 4) is 5.75 Å².